The van der Waals surface area contributed by atoms with Gasteiger partial charge in [0.1, 0.15) is 5.76 Å². The molecule has 0 spiro atoms. The molecule has 6 nitrogen and oxygen atoms in total. The third kappa shape index (κ3) is 4.15. The number of rotatable bonds is 5. The molecule has 3 heterocycles. The van der Waals surface area contributed by atoms with Crippen molar-refractivity contribution in [3.8, 4) is 17.1 Å². The predicted octanol–water partition coefficient (Wildman–Crippen LogP) is 4.97. The standard InChI is InChI=1S/C24H28N4O2S/c1-17-21(12-14-30-17)23-25-26-24(28(23)20-9-3-2-4-10-20)31-16-22(29)27-13-11-18-7-5-6-8-19(18)15-27/h2-4,9-10,12,14,18-19H,5-8,11,13,15-16H2,1H3/t18-,19-/m0/s1. The molecule has 2 fully saturated rings. The molecule has 0 N–H and O–H groups in total. The van der Waals surface area contributed by atoms with Crippen molar-refractivity contribution in [1.29, 1.82) is 0 Å². The number of aryl methyl sites for hydroxylation is 1. The highest BCUT2D eigenvalue weighted by Gasteiger charge is 2.33. The number of benzene rings is 1. The number of aromatic nitrogens is 3. The molecule has 1 amide bonds. The van der Waals surface area contributed by atoms with Crippen LogP contribution in [0.4, 0.5) is 0 Å². The third-order valence-electron chi connectivity index (χ3n) is 6.72. The van der Waals surface area contributed by atoms with Gasteiger partial charge < -0.3 is 9.32 Å². The number of carbonyl (C=O) groups is 1. The Morgan fingerprint density at radius 3 is 2.68 bits per heavy atom. The molecular formula is C24H28N4O2S. The molecule has 1 saturated carbocycles. The second-order valence-electron chi connectivity index (χ2n) is 8.59. The fourth-order valence-electron chi connectivity index (χ4n) is 5.01. The van der Waals surface area contributed by atoms with Crippen LogP contribution in [-0.4, -0.2) is 44.4 Å². The van der Waals surface area contributed by atoms with Crippen LogP contribution in [0.25, 0.3) is 17.1 Å². The predicted molar refractivity (Wildman–Crippen MR) is 121 cm³/mol. The number of hydrogen-bond acceptors (Lipinski definition) is 5. The molecule has 1 aliphatic heterocycles. The van der Waals surface area contributed by atoms with Crippen LogP contribution >= 0.6 is 11.8 Å². The van der Waals surface area contributed by atoms with E-state index in [1.807, 2.05) is 47.9 Å². The first-order valence-electron chi connectivity index (χ1n) is 11.2. The molecule has 1 aromatic carbocycles. The Balaban J connectivity index is 1.34. The molecule has 0 bridgehead atoms. The van der Waals surface area contributed by atoms with Gasteiger partial charge in [0.2, 0.25) is 5.91 Å². The smallest absolute Gasteiger partial charge is 0.233 e. The van der Waals surface area contributed by atoms with E-state index in [1.54, 1.807) is 6.26 Å². The number of amides is 1. The molecule has 0 unspecified atom stereocenters. The van der Waals surface area contributed by atoms with E-state index in [2.05, 4.69) is 15.1 Å². The van der Waals surface area contributed by atoms with Crippen molar-refractivity contribution in [3.05, 3.63) is 48.4 Å². The van der Waals surface area contributed by atoms with Gasteiger partial charge in [0.05, 0.1) is 17.6 Å². The molecule has 5 rings (SSSR count). The van der Waals surface area contributed by atoms with Gasteiger partial charge in [-0.1, -0.05) is 49.2 Å². The lowest BCUT2D eigenvalue weighted by Gasteiger charge is -2.41. The maximum atomic E-state index is 13.0. The minimum Gasteiger partial charge on any atom is -0.469 e. The lowest BCUT2D eigenvalue weighted by molar-refractivity contribution is -0.131. The van der Waals surface area contributed by atoms with E-state index in [1.165, 1.54) is 37.4 Å². The molecule has 1 saturated heterocycles. The van der Waals surface area contributed by atoms with Gasteiger partial charge in [-0.2, -0.15) is 0 Å². The first-order valence-corrected chi connectivity index (χ1v) is 12.1. The summed E-state index contributed by atoms with van der Waals surface area (Å²) in [7, 11) is 0. The number of carbonyl (C=O) groups excluding carboxylic acids is 1. The number of para-hydroxylation sites is 1. The number of fused-ring (bicyclic) bond motifs is 1. The van der Waals surface area contributed by atoms with Gasteiger partial charge in [0.25, 0.3) is 0 Å². The van der Waals surface area contributed by atoms with Crippen molar-refractivity contribution >= 4 is 17.7 Å². The molecule has 31 heavy (non-hydrogen) atoms. The summed E-state index contributed by atoms with van der Waals surface area (Å²) in [5.41, 5.74) is 1.88. The van der Waals surface area contributed by atoms with Crippen LogP contribution in [0.1, 0.15) is 37.9 Å². The maximum absolute atomic E-state index is 13.0. The molecule has 2 atom stereocenters. The van der Waals surface area contributed by atoms with E-state index in [4.69, 9.17) is 4.42 Å². The van der Waals surface area contributed by atoms with Gasteiger partial charge in [-0.25, -0.2) is 0 Å². The first kappa shape index (κ1) is 20.4. The summed E-state index contributed by atoms with van der Waals surface area (Å²) < 4.78 is 7.51. The molecule has 0 radical (unpaired) electrons. The Morgan fingerprint density at radius 2 is 1.90 bits per heavy atom. The minimum atomic E-state index is 0.206. The van der Waals surface area contributed by atoms with Crippen molar-refractivity contribution in [2.75, 3.05) is 18.8 Å². The topological polar surface area (TPSA) is 64.2 Å². The highest BCUT2D eigenvalue weighted by Crippen LogP contribution is 2.36. The summed E-state index contributed by atoms with van der Waals surface area (Å²) in [5, 5.41) is 9.61. The van der Waals surface area contributed by atoms with Gasteiger partial charge in [0.15, 0.2) is 11.0 Å². The number of hydrogen-bond donors (Lipinski definition) is 0. The van der Waals surface area contributed by atoms with Gasteiger partial charge >= 0.3 is 0 Å². The molecule has 2 aromatic heterocycles. The number of likely N-dealkylation sites (tertiary alicyclic amines) is 1. The number of thioether (sulfide) groups is 1. The van der Waals surface area contributed by atoms with E-state index >= 15 is 0 Å². The fourth-order valence-corrected chi connectivity index (χ4v) is 5.86. The van der Waals surface area contributed by atoms with Gasteiger partial charge in [-0.05, 0) is 49.8 Å². The summed E-state index contributed by atoms with van der Waals surface area (Å²) in [5.74, 6) is 3.64. The Bertz CT molecular complexity index is 1050. The van der Waals surface area contributed by atoms with Crippen molar-refractivity contribution in [1.82, 2.24) is 19.7 Å². The third-order valence-corrected chi connectivity index (χ3v) is 7.63. The van der Waals surface area contributed by atoms with Crippen molar-refractivity contribution < 1.29 is 9.21 Å². The van der Waals surface area contributed by atoms with E-state index in [0.717, 1.165) is 53.4 Å². The number of nitrogens with zero attached hydrogens (tertiary/aromatic N) is 4. The highest BCUT2D eigenvalue weighted by atomic mass is 32.2. The molecule has 3 aromatic rings. The monoisotopic (exact) mass is 436 g/mol. The summed E-state index contributed by atoms with van der Waals surface area (Å²) in [6.45, 7) is 3.74. The Labute approximate surface area is 187 Å². The quantitative estimate of drug-likeness (QED) is 0.529. The summed E-state index contributed by atoms with van der Waals surface area (Å²) >= 11 is 1.46. The van der Waals surface area contributed by atoms with Crippen LogP contribution in [0.3, 0.4) is 0 Å². The van der Waals surface area contributed by atoms with Crippen molar-refractivity contribution in [3.63, 3.8) is 0 Å². The van der Waals surface area contributed by atoms with Crippen molar-refractivity contribution in [2.24, 2.45) is 11.8 Å². The SMILES string of the molecule is Cc1occc1-c1nnc(SCC(=O)N2CC[C@@H]3CCCC[C@H]3C2)n1-c1ccccc1. The fraction of sp³-hybridized carbons (Fsp3) is 0.458. The van der Waals surface area contributed by atoms with Gasteiger partial charge in [-0.3, -0.25) is 9.36 Å². The number of piperidine rings is 1. The normalized spacial score (nSPS) is 21.1. The van der Waals surface area contributed by atoms with E-state index in [0.29, 0.717) is 11.7 Å². The first-order chi connectivity index (χ1) is 15.2. The van der Waals surface area contributed by atoms with Gasteiger partial charge in [-0.15, -0.1) is 10.2 Å². The number of furan rings is 1. The van der Waals surface area contributed by atoms with Crippen LogP contribution in [-0.2, 0) is 4.79 Å². The zero-order valence-electron chi connectivity index (χ0n) is 17.9. The summed E-state index contributed by atoms with van der Waals surface area (Å²) in [6, 6.07) is 11.9. The Kier molecular flexibility index (Phi) is 5.85. The average Bonchev–Trinajstić information content (AvgIpc) is 3.43. The van der Waals surface area contributed by atoms with Gasteiger partial charge in [0, 0.05) is 18.8 Å². The largest absolute Gasteiger partial charge is 0.469 e. The van der Waals surface area contributed by atoms with Crippen LogP contribution in [0.2, 0.25) is 0 Å². The highest BCUT2D eigenvalue weighted by molar-refractivity contribution is 7.99. The molecule has 162 valence electrons. The van der Waals surface area contributed by atoms with E-state index in [-0.39, 0.29) is 5.91 Å². The lowest BCUT2D eigenvalue weighted by atomic mass is 9.75. The second kappa shape index (κ2) is 8.91. The van der Waals surface area contributed by atoms with E-state index < -0.39 is 0 Å². The molecular weight excluding hydrogens is 408 g/mol. The minimum absolute atomic E-state index is 0.206. The van der Waals surface area contributed by atoms with Crippen LogP contribution in [0, 0.1) is 18.8 Å². The summed E-state index contributed by atoms with van der Waals surface area (Å²) in [6.07, 6.45) is 8.12. The molecule has 7 heteroatoms. The van der Waals surface area contributed by atoms with E-state index in [9.17, 15) is 4.79 Å². The van der Waals surface area contributed by atoms with Crippen LogP contribution < -0.4 is 0 Å². The Morgan fingerprint density at radius 1 is 1.10 bits per heavy atom. The lowest BCUT2D eigenvalue weighted by Crippen LogP contribution is -2.45. The van der Waals surface area contributed by atoms with Crippen molar-refractivity contribution in [2.45, 2.75) is 44.2 Å². The zero-order valence-corrected chi connectivity index (χ0v) is 18.7. The average molecular weight is 437 g/mol. The molecule has 1 aliphatic carbocycles. The summed E-state index contributed by atoms with van der Waals surface area (Å²) in [4.78, 5) is 15.1. The van der Waals surface area contributed by atoms with Crippen LogP contribution in [0.5, 0.6) is 0 Å². The molecule has 2 aliphatic rings. The van der Waals surface area contributed by atoms with Crippen LogP contribution in [0.15, 0.2) is 52.2 Å². The maximum Gasteiger partial charge on any atom is 0.233 e. The second-order valence-corrected chi connectivity index (χ2v) is 9.53. The Hall–Kier alpha value is -2.54. The zero-order chi connectivity index (χ0) is 21.2.